The summed E-state index contributed by atoms with van der Waals surface area (Å²) in [6.07, 6.45) is 0. The molecule has 0 radical (unpaired) electrons. The van der Waals surface area contributed by atoms with E-state index in [1.807, 2.05) is 6.92 Å². The van der Waals surface area contributed by atoms with Crippen LogP contribution >= 0.6 is 11.6 Å². The smallest absolute Gasteiger partial charge is 0.255 e. The highest BCUT2D eigenvalue weighted by molar-refractivity contribution is 7.89. The molecular weight excluding hydrogens is 360 g/mol. The van der Waals surface area contributed by atoms with Gasteiger partial charge in [-0.1, -0.05) is 17.7 Å². The number of nitrogens with one attached hydrogen (secondary N) is 2. The van der Waals surface area contributed by atoms with E-state index in [1.165, 1.54) is 24.3 Å². The molecule has 1 amide bonds. The lowest BCUT2D eigenvalue weighted by atomic mass is 10.1. The minimum atomic E-state index is -3.63. The number of benzene rings is 2. The van der Waals surface area contributed by atoms with Crippen LogP contribution in [-0.4, -0.2) is 19.9 Å². The summed E-state index contributed by atoms with van der Waals surface area (Å²) in [5.74, 6) is -0.335. The SMILES string of the molecule is Cc1c(Cl)cccc1NC(=O)c1ccc(S(=O)(=O)NC(C)(C)C)cc1. The monoisotopic (exact) mass is 380 g/mol. The van der Waals surface area contributed by atoms with Gasteiger partial charge < -0.3 is 5.32 Å². The molecule has 0 unspecified atom stereocenters. The number of carbonyl (C=O) groups excluding carboxylic acids is 1. The average molecular weight is 381 g/mol. The first-order valence-corrected chi connectivity index (χ1v) is 9.56. The van der Waals surface area contributed by atoms with E-state index in [1.54, 1.807) is 39.0 Å². The molecule has 2 N–H and O–H groups in total. The molecule has 0 saturated heterocycles. The molecule has 0 spiro atoms. The van der Waals surface area contributed by atoms with Crippen LogP contribution in [0.4, 0.5) is 5.69 Å². The van der Waals surface area contributed by atoms with Crippen molar-refractivity contribution in [1.82, 2.24) is 4.72 Å². The Morgan fingerprint density at radius 3 is 2.20 bits per heavy atom. The maximum Gasteiger partial charge on any atom is 0.255 e. The molecule has 0 bridgehead atoms. The second kappa shape index (κ2) is 7.15. The summed E-state index contributed by atoms with van der Waals surface area (Å²) in [6, 6.07) is 11.0. The Bertz CT molecular complexity index is 886. The third-order valence-corrected chi connectivity index (χ3v) is 5.57. The maximum atomic E-state index is 12.3. The van der Waals surface area contributed by atoms with Crippen molar-refractivity contribution >= 4 is 33.2 Å². The van der Waals surface area contributed by atoms with Gasteiger partial charge in [0.15, 0.2) is 0 Å². The Hall–Kier alpha value is -1.89. The van der Waals surface area contributed by atoms with Crippen molar-refractivity contribution in [2.45, 2.75) is 38.1 Å². The third kappa shape index (κ3) is 5.04. The van der Waals surface area contributed by atoms with Crippen molar-refractivity contribution in [3.8, 4) is 0 Å². The molecule has 0 heterocycles. The lowest BCUT2D eigenvalue weighted by Crippen LogP contribution is -2.40. The van der Waals surface area contributed by atoms with Crippen LogP contribution < -0.4 is 10.0 Å². The molecule has 2 aromatic rings. The van der Waals surface area contributed by atoms with Crippen LogP contribution in [0.15, 0.2) is 47.4 Å². The zero-order valence-corrected chi connectivity index (χ0v) is 16.1. The van der Waals surface area contributed by atoms with E-state index in [-0.39, 0.29) is 10.8 Å². The average Bonchev–Trinajstić information content (AvgIpc) is 2.49. The Balaban J connectivity index is 2.19. The Kier molecular flexibility index (Phi) is 5.56. The van der Waals surface area contributed by atoms with Crippen LogP contribution in [0.1, 0.15) is 36.7 Å². The van der Waals surface area contributed by atoms with Gasteiger partial charge in [0.1, 0.15) is 0 Å². The third-order valence-electron chi connectivity index (χ3n) is 3.38. The first kappa shape index (κ1) is 19.4. The topological polar surface area (TPSA) is 75.3 Å². The predicted molar refractivity (Wildman–Crippen MR) is 101 cm³/mol. The summed E-state index contributed by atoms with van der Waals surface area (Å²) >= 11 is 6.04. The zero-order chi connectivity index (χ0) is 18.8. The molecule has 7 heteroatoms. The van der Waals surface area contributed by atoms with E-state index in [0.29, 0.717) is 16.3 Å². The van der Waals surface area contributed by atoms with Gasteiger partial charge in [0.25, 0.3) is 5.91 Å². The van der Waals surface area contributed by atoms with Gasteiger partial charge in [0.05, 0.1) is 4.90 Å². The van der Waals surface area contributed by atoms with Gasteiger partial charge in [0.2, 0.25) is 10.0 Å². The summed E-state index contributed by atoms with van der Waals surface area (Å²) in [6.45, 7) is 7.10. The van der Waals surface area contributed by atoms with Crippen molar-refractivity contribution < 1.29 is 13.2 Å². The van der Waals surface area contributed by atoms with Crippen molar-refractivity contribution in [3.05, 3.63) is 58.6 Å². The van der Waals surface area contributed by atoms with Gasteiger partial charge in [-0.15, -0.1) is 0 Å². The molecule has 0 fully saturated rings. The Morgan fingerprint density at radius 2 is 1.64 bits per heavy atom. The van der Waals surface area contributed by atoms with E-state index in [2.05, 4.69) is 10.0 Å². The molecule has 134 valence electrons. The molecule has 0 aliphatic carbocycles. The van der Waals surface area contributed by atoms with Gasteiger partial charge in [-0.25, -0.2) is 13.1 Å². The number of rotatable bonds is 4. The summed E-state index contributed by atoms with van der Waals surface area (Å²) in [7, 11) is -3.63. The van der Waals surface area contributed by atoms with Gasteiger partial charge in [-0.05, 0) is 69.7 Å². The van der Waals surface area contributed by atoms with Crippen LogP contribution in [0.3, 0.4) is 0 Å². The zero-order valence-electron chi connectivity index (χ0n) is 14.6. The molecule has 0 saturated carbocycles. The summed E-state index contributed by atoms with van der Waals surface area (Å²) in [4.78, 5) is 12.5. The standard InChI is InChI=1S/C18H21ClN2O3S/c1-12-15(19)6-5-7-16(12)20-17(22)13-8-10-14(11-9-13)25(23,24)21-18(2,3)4/h5-11,21H,1-4H3,(H,20,22). The molecule has 0 aliphatic rings. The Labute approximate surface area is 153 Å². The van der Waals surface area contributed by atoms with Crippen LogP contribution in [0, 0.1) is 6.92 Å². The van der Waals surface area contributed by atoms with Crippen molar-refractivity contribution in [2.75, 3.05) is 5.32 Å². The molecule has 25 heavy (non-hydrogen) atoms. The minimum absolute atomic E-state index is 0.109. The fraction of sp³-hybridized carbons (Fsp3) is 0.278. The van der Waals surface area contributed by atoms with E-state index < -0.39 is 15.6 Å². The molecular formula is C18H21ClN2O3S. The van der Waals surface area contributed by atoms with Crippen molar-refractivity contribution in [1.29, 1.82) is 0 Å². The maximum absolute atomic E-state index is 12.3. The van der Waals surface area contributed by atoms with Crippen LogP contribution in [0.25, 0.3) is 0 Å². The van der Waals surface area contributed by atoms with Crippen LogP contribution in [-0.2, 0) is 10.0 Å². The molecule has 2 aromatic carbocycles. The van der Waals surface area contributed by atoms with E-state index in [0.717, 1.165) is 5.56 Å². The summed E-state index contributed by atoms with van der Waals surface area (Å²) < 4.78 is 27.1. The van der Waals surface area contributed by atoms with E-state index >= 15 is 0 Å². The molecule has 0 atom stereocenters. The number of amides is 1. The van der Waals surface area contributed by atoms with Gasteiger partial charge in [0, 0.05) is 21.8 Å². The molecule has 0 aliphatic heterocycles. The highest BCUT2D eigenvalue weighted by Crippen LogP contribution is 2.23. The quantitative estimate of drug-likeness (QED) is 0.842. The number of anilines is 1. The van der Waals surface area contributed by atoms with Gasteiger partial charge in [-0.2, -0.15) is 0 Å². The second-order valence-electron chi connectivity index (χ2n) is 6.75. The number of hydrogen-bond acceptors (Lipinski definition) is 3. The van der Waals surface area contributed by atoms with Crippen LogP contribution in [0.2, 0.25) is 5.02 Å². The molecule has 5 nitrogen and oxygen atoms in total. The van der Waals surface area contributed by atoms with Crippen molar-refractivity contribution in [3.63, 3.8) is 0 Å². The number of sulfonamides is 1. The fourth-order valence-electron chi connectivity index (χ4n) is 2.18. The van der Waals surface area contributed by atoms with E-state index in [4.69, 9.17) is 11.6 Å². The molecule has 0 aromatic heterocycles. The second-order valence-corrected chi connectivity index (χ2v) is 8.84. The largest absolute Gasteiger partial charge is 0.322 e. The predicted octanol–water partition coefficient (Wildman–Crippen LogP) is 3.98. The first-order valence-electron chi connectivity index (χ1n) is 7.70. The highest BCUT2D eigenvalue weighted by atomic mass is 35.5. The number of carbonyl (C=O) groups is 1. The van der Waals surface area contributed by atoms with E-state index in [9.17, 15) is 13.2 Å². The normalized spacial score (nSPS) is 12.0. The minimum Gasteiger partial charge on any atom is -0.322 e. The van der Waals surface area contributed by atoms with Crippen LogP contribution in [0.5, 0.6) is 0 Å². The lowest BCUT2D eigenvalue weighted by Gasteiger charge is -2.20. The number of hydrogen-bond donors (Lipinski definition) is 2. The Morgan fingerprint density at radius 1 is 1.04 bits per heavy atom. The van der Waals surface area contributed by atoms with Crippen molar-refractivity contribution in [2.24, 2.45) is 0 Å². The fourth-order valence-corrected chi connectivity index (χ4v) is 3.78. The van der Waals surface area contributed by atoms with Gasteiger partial charge >= 0.3 is 0 Å². The summed E-state index contributed by atoms with van der Waals surface area (Å²) in [5, 5.41) is 3.34. The van der Waals surface area contributed by atoms with Gasteiger partial charge in [-0.3, -0.25) is 4.79 Å². The lowest BCUT2D eigenvalue weighted by molar-refractivity contribution is 0.102. The summed E-state index contributed by atoms with van der Waals surface area (Å²) in [5.41, 5.74) is 1.16. The highest BCUT2D eigenvalue weighted by Gasteiger charge is 2.22. The molecule has 2 rings (SSSR count). The number of halogens is 1. The first-order chi connectivity index (χ1) is 11.5.